The fourth-order valence-corrected chi connectivity index (χ4v) is 10.2. The molecule has 0 amide bonds. The van der Waals surface area contributed by atoms with Gasteiger partial charge in [-0.2, -0.15) is 0 Å². The fraction of sp³-hybridized carbons (Fsp3) is 0. The molecular formula is C46H28N2S2. The number of thiophene rings is 2. The van der Waals surface area contributed by atoms with Gasteiger partial charge in [-0.25, -0.2) is 0 Å². The molecule has 11 aromatic rings. The molecule has 0 spiro atoms. The van der Waals surface area contributed by atoms with Crippen molar-refractivity contribution in [2.45, 2.75) is 0 Å². The van der Waals surface area contributed by atoms with E-state index in [-0.39, 0.29) is 0 Å². The lowest BCUT2D eigenvalue weighted by molar-refractivity contribution is 1.18. The molecule has 11 rings (SSSR count). The molecule has 0 fully saturated rings. The van der Waals surface area contributed by atoms with Gasteiger partial charge >= 0.3 is 0 Å². The van der Waals surface area contributed by atoms with Crippen molar-refractivity contribution in [2.24, 2.45) is 0 Å². The lowest BCUT2D eigenvalue weighted by atomic mass is 10.0. The summed E-state index contributed by atoms with van der Waals surface area (Å²) >= 11 is 3.74. The Morgan fingerprint density at radius 1 is 0.380 bits per heavy atom. The molecule has 0 atom stereocenters. The molecule has 0 aliphatic heterocycles. The number of hydrogen-bond donors (Lipinski definition) is 0. The van der Waals surface area contributed by atoms with Crippen LogP contribution in [-0.2, 0) is 0 Å². The zero-order chi connectivity index (χ0) is 32.8. The van der Waals surface area contributed by atoms with Gasteiger partial charge < -0.3 is 9.47 Å². The molecule has 0 aliphatic rings. The van der Waals surface area contributed by atoms with Gasteiger partial charge in [-0.3, -0.25) is 0 Å². The monoisotopic (exact) mass is 672 g/mol. The van der Waals surface area contributed by atoms with Crippen LogP contribution in [0.25, 0.3) is 78.6 Å². The summed E-state index contributed by atoms with van der Waals surface area (Å²) in [5.74, 6) is 0. The minimum atomic E-state index is 1.13. The highest BCUT2D eigenvalue weighted by molar-refractivity contribution is 7.26. The van der Waals surface area contributed by atoms with Crippen molar-refractivity contribution in [3.05, 3.63) is 170 Å². The van der Waals surface area contributed by atoms with Crippen LogP contribution in [0.5, 0.6) is 0 Å². The van der Waals surface area contributed by atoms with Crippen molar-refractivity contribution < 1.29 is 0 Å². The van der Waals surface area contributed by atoms with Gasteiger partial charge in [-0.1, -0.05) is 91.0 Å². The Hall–Kier alpha value is -5.94. The maximum absolute atomic E-state index is 2.48. The first-order valence-electron chi connectivity index (χ1n) is 16.9. The first-order chi connectivity index (χ1) is 24.8. The van der Waals surface area contributed by atoms with Crippen LogP contribution in [0.1, 0.15) is 0 Å². The molecule has 3 heterocycles. The van der Waals surface area contributed by atoms with Gasteiger partial charge in [0.2, 0.25) is 0 Å². The zero-order valence-corrected chi connectivity index (χ0v) is 28.5. The van der Waals surface area contributed by atoms with Gasteiger partial charge in [-0.05, 0) is 89.6 Å². The second-order valence-corrected chi connectivity index (χ2v) is 15.1. The summed E-state index contributed by atoms with van der Waals surface area (Å²) in [6, 6.07) is 62.5. The maximum Gasteiger partial charge on any atom is 0.0561 e. The molecule has 50 heavy (non-hydrogen) atoms. The predicted molar refractivity (Wildman–Crippen MR) is 219 cm³/mol. The minimum Gasteiger partial charge on any atom is -0.310 e. The zero-order valence-electron chi connectivity index (χ0n) is 26.9. The third-order valence-electron chi connectivity index (χ3n) is 10.1. The van der Waals surface area contributed by atoms with Gasteiger partial charge in [0.15, 0.2) is 0 Å². The van der Waals surface area contributed by atoms with E-state index in [1.54, 1.807) is 0 Å². The van der Waals surface area contributed by atoms with Gasteiger partial charge in [0, 0.05) is 68.2 Å². The van der Waals surface area contributed by atoms with E-state index >= 15 is 0 Å². The maximum atomic E-state index is 2.48. The number of nitrogens with zero attached hydrogens (tertiary/aromatic N) is 2. The summed E-state index contributed by atoms with van der Waals surface area (Å²) in [6.45, 7) is 0. The van der Waals surface area contributed by atoms with Crippen molar-refractivity contribution in [1.82, 2.24) is 4.57 Å². The molecular weight excluding hydrogens is 645 g/mol. The normalized spacial score (nSPS) is 12.0. The third-order valence-corrected chi connectivity index (χ3v) is 12.4. The lowest BCUT2D eigenvalue weighted by Crippen LogP contribution is -2.10. The number of aromatic nitrogens is 1. The van der Waals surface area contributed by atoms with E-state index in [9.17, 15) is 0 Å². The number of benzene rings is 8. The molecule has 0 radical (unpaired) electrons. The molecule has 0 N–H and O–H groups in total. The molecule has 0 aliphatic carbocycles. The summed E-state index contributed by atoms with van der Waals surface area (Å²) < 4.78 is 7.67. The number of hydrogen-bond acceptors (Lipinski definition) is 3. The number of fused-ring (bicyclic) bond motifs is 10. The SMILES string of the molecule is c1ccc(-n2c3ccccc3c3ccc(N(c4ccc5cc6sc7ccccc7c6cc5c4)c4cccc5sc6ccccc6c45)cc32)cc1. The second-order valence-electron chi connectivity index (χ2n) is 13.0. The molecule has 0 saturated heterocycles. The van der Waals surface area contributed by atoms with Crippen LogP contribution >= 0.6 is 22.7 Å². The van der Waals surface area contributed by atoms with E-state index in [1.165, 1.54) is 78.6 Å². The molecule has 0 unspecified atom stereocenters. The molecule has 0 bridgehead atoms. The van der Waals surface area contributed by atoms with E-state index in [0.29, 0.717) is 0 Å². The lowest BCUT2D eigenvalue weighted by Gasteiger charge is -2.27. The fourth-order valence-electron chi connectivity index (χ4n) is 7.92. The quantitative estimate of drug-likeness (QED) is 0.181. The number of anilines is 3. The van der Waals surface area contributed by atoms with Gasteiger partial charge in [0.05, 0.1) is 16.7 Å². The number of rotatable bonds is 4. The summed E-state index contributed by atoms with van der Waals surface area (Å²) in [5, 5.41) is 10.2. The minimum absolute atomic E-state index is 1.13. The predicted octanol–water partition coefficient (Wildman–Crippen LogP) is 14.1. The summed E-state index contributed by atoms with van der Waals surface area (Å²) in [4.78, 5) is 2.48. The molecule has 4 heteroatoms. The largest absolute Gasteiger partial charge is 0.310 e. The Morgan fingerprint density at radius 2 is 1.04 bits per heavy atom. The average molecular weight is 673 g/mol. The Morgan fingerprint density at radius 3 is 1.92 bits per heavy atom. The Balaban J connectivity index is 1.21. The van der Waals surface area contributed by atoms with Crippen LogP contribution in [0.4, 0.5) is 17.1 Å². The smallest absolute Gasteiger partial charge is 0.0561 e. The van der Waals surface area contributed by atoms with Crippen LogP contribution in [0.15, 0.2) is 170 Å². The van der Waals surface area contributed by atoms with E-state index < -0.39 is 0 Å². The topological polar surface area (TPSA) is 8.17 Å². The standard InChI is InChI=1S/C46H28N2S2/c1-2-11-31(12-3-1)48-39-16-7-4-13-34(39)35-24-23-33(28-41(35)48)47(40-17-10-20-44-46(40)37-15-6-9-19-43(37)49-44)32-22-21-29-27-45-38(26-30(29)25-32)36-14-5-8-18-42(36)50-45/h1-28H. The van der Waals surface area contributed by atoms with Crippen molar-refractivity contribution in [3.8, 4) is 5.69 Å². The molecule has 0 saturated carbocycles. The summed E-state index contributed by atoms with van der Waals surface area (Å²) in [6.07, 6.45) is 0. The van der Waals surface area contributed by atoms with E-state index in [0.717, 1.165) is 17.1 Å². The van der Waals surface area contributed by atoms with Gasteiger partial charge in [0.25, 0.3) is 0 Å². The first-order valence-corrected chi connectivity index (χ1v) is 18.6. The van der Waals surface area contributed by atoms with Gasteiger partial charge in [-0.15, -0.1) is 22.7 Å². The Kier molecular flexibility index (Phi) is 6.03. The second kappa shape index (κ2) is 10.8. The Labute approximate surface area is 296 Å². The third kappa shape index (κ3) is 4.13. The molecule has 2 nitrogen and oxygen atoms in total. The molecule has 234 valence electrons. The molecule has 8 aromatic carbocycles. The van der Waals surface area contributed by atoms with Crippen LogP contribution < -0.4 is 4.90 Å². The van der Waals surface area contributed by atoms with Crippen LogP contribution in [0.3, 0.4) is 0 Å². The van der Waals surface area contributed by atoms with E-state index in [1.807, 2.05) is 22.7 Å². The Bertz CT molecular complexity index is 3110. The van der Waals surface area contributed by atoms with Crippen molar-refractivity contribution in [1.29, 1.82) is 0 Å². The van der Waals surface area contributed by atoms with Crippen LogP contribution in [0, 0.1) is 0 Å². The average Bonchev–Trinajstić information content (AvgIpc) is 3.84. The van der Waals surface area contributed by atoms with Gasteiger partial charge in [0.1, 0.15) is 0 Å². The highest BCUT2D eigenvalue weighted by Crippen LogP contribution is 2.47. The summed E-state index contributed by atoms with van der Waals surface area (Å²) in [5.41, 5.74) is 7.01. The van der Waals surface area contributed by atoms with Crippen molar-refractivity contribution in [2.75, 3.05) is 4.90 Å². The van der Waals surface area contributed by atoms with Crippen molar-refractivity contribution >= 4 is 113 Å². The highest BCUT2D eigenvalue weighted by atomic mass is 32.1. The number of para-hydroxylation sites is 2. The van der Waals surface area contributed by atoms with Crippen LogP contribution in [0.2, 0.25) is 0 Å². The molecule has 3 aromatic heterocycles. The van der Waals surface area contributed by atoms with E-state index in [2.05, 4.69) is 179 Å². The van der Waals surface area contributed by atoms with E-state index in [4.69, 9.17) is 0 Å². The van der Waals surface area contributed by atoms with Crippen LogP contribution in [-0.4, -0.2) is 4.57 Å². The highest BCUT2D eigenvalue weighted by Gasteiger charge is 2.21. The summed E-state index contributed by atoms with van der Waals surface area (Å²) in [7, 11) is 0. The first kappa shape index (κ1) is 28.0. The van der Waals surface area contributed by atoms with Crippen molar-refractivity contribution in [3.63, 3.8) is 0 Å².